The first-order valence-electron chi connectivity index (χ1n) is 17.1. The first-order valence-corrected chi connectivity index (χ1v) is 17.1. The molecule has 4 nitrogen and oxygen atoms in total. The molecule has 0 radical (unpaired) electrons. The molecule has 0 aliphatic carbocycles. The van der Waals surface area contributed by atoms with Crippen LogP contribution in [-0.4, -0.2) is 9.97 Å². The van der Waals surface area contributed by atoms with Gasteiger partial charge in [-0.05, 0) is 85.3 Å². The van der Waals surface area contributed by atoms with Crippen molar-refractivity contribution in [3.63, 3.8) is 0 Å². The van der Waals surface area contributed by atoms with E-state index in [0.29, 0.717) is 17.0 Å². The molecular formula is C48H28N4. The molecule has 52 heavy (non-hydrogen) atoms. The number of benzene rings is 8. The van der Waals surface area contributed by atoms with Crippen LogP contribution in [0.25, 0.3) is 88.5 Å². The largest absolute Gasteiger partial charge is 0.228 e. The third-order valence-corrected chi connectivity index (χ3v) is 9.75. The molecule has 8 aromatic carbocycles. The van der Waals surface area contributed by atoms with E-state index < -0.39 is 0 Å². The van der Waals surface area contributed by atoms with Gasteiger partial charge in [-0.3, -0.25) is 0 Å². The Morgan fingerprint density at radius 3 is 1.58 bits per heavy atom. The minimum Gasteiger partial charge on any atom is -0.228 e. The van der Waals surface area contributed by atoms with Gasteiger partial charge in [0.25, 0.3) is 0 Å². The van der Waals surface area contributed by atoms with Gasteiger partial charge in [0.05, 0.1) is 34.5 Å². The van der Waals surface area contributed by atoms with Crippen LogP contribution in [0.4, 0.5) is 0 Å². The number of fused-ring (bicyclic) bond motifs is 3. The zero-order valence-electron chi connectivity index (χ0n) is 28.0. The van der Waals surface area contributed by atoms with Gasteiger partial charge in [0, 0.05) is 16.5 Å². The van der Waals surface area contributed by atoms with Crippen LogP contribution < -0.4 is 0 Å². The highest BCUT2D eigenvalue weighted by Gasteiger charge is 2.16. The number of nitrogens with zero attached hydrogens (tertiary/aromatic N) is 4. The Morgan fingerprint density at radius 2 is 0.885 bits per heavy atom. The molecule has 0 spiro atoms. The van der Waals surface area contributed by atoms with Crippen molar-refractivity contribution in [2.45, 2.75) is 0 Å². The van der Waals surface area contributed by atoms with Crippen molar-refractivity contribution in [2.75, 3.05) is 0 Å². The zero-order chi connectivity index (χ0) is 35.0. The summed E-state index contributed by atoms with van der Waals surface area (Å²) in [6.45, 7) is 0. The number of rotatable bonds is 5. The molecule has 240 valence electrons. The maximum absolute atomic E-state index is 9.46. The second-order valence-electron chi connectivity index (χ2n) is 12.8. The molecule has 9 rings (SSSR count). The van der Waals surface area contributed by atoms with Gasteiger partial charge in [0.15, 0.2) is 5.82 Å². The van der Waals surface area contributed by atoms with Crippen LogP contribution in [0.2, 0.25) is 0 Å². The molecule has 0 aliphatic heterocycles. The van der Waals surface area contributed by atoms with Crippen LogP contribution in [0.3, 0.4) is 0 Å². The minimum absolute atomic E-state index is 0.469. The fourth-order valence-electron chi connectivity index (χ4n) is 7.21. The fourth-order valence-corrected chi connectivity index (χ4v) is 7.21. The van der Waals surface area contributed by atoms with E-state index >= 15 is 0 Å². The molecule has 1 heterocycles. The average molecular weight is 661 g/mol. The Labute approximate surface area is 301 Å². The number of hydrogen-bond donors (Lipinski definition) is 0. The Kier molecular flexibility index (Phi) is 7.55. The molecule has 0 atom stereocenters. The van der Waals surface area contributed by atoms with Crippen LogP contribution in [0.15, 0.2) is 170 Å². The molecule has 0 aliphatic rings. The van der Waals surface area contributed by atoms with E-state index in [9.17, 15) is 10.5 Å². The maximum Gasteiger partial charge on any atom is 0.161 e. The van der Waals surface area contributed by atoms with E-state index in [0.717, 1.165) is 66.3 Å². The SMILES string of the molecule is N#Cc1cc(C#N)cc(-c2ccc(-c3ccc(-c4nc(-c5ccc(-c6cccc7ccccc67)cc5)c5ccccc5n4)c4ccccc34)cc2)c1. The Morgan fingerprint density at radius 1 is 0.365 bits per heavy atom. The number of aromatic nitrogens is 2. The zero-order valence-corrected chi connectivity index (χ0v) is 28.0. The monoisotopic (exact) mass is 660 g/mol. The van der Waals surface area contributed by atoms with Crippen LogP contribution in [-0.2, 0) is 0 Å². The molecule has 1 aromatic heterocycles. The van der Waals surface area contributed by atoms with E-state index in [-0.39, 0.29) is 0 Å². The lowest BCUT2D eigenvalue weighted by Gasteiger charge is -2.14. The lowest BCUT2D eigenvalue weighted by atomic mass is 9.93. The van der Waals surface area contributed by atoms with Gasteiger partial charge in [-0.2, -0.15) is 10.5 Å². The molecule has 0 unspecified atom stereocenters. The van der Waals surface area contributed by atoms with Crippen LogP contribution >= 0.6 is 0 Å². The highest BCUT2D eigenvalue weighted by molar-refractivity contribution is 6.05. The standard InChI is InChI=1S/C48H28N4/c49-29-31-26-32(30-50)28-38(27-31)33-16-18-36(19-17-33)41-24-25-44(43-12-4-3-11-42(41)43)48-51-46-15-6-5-13-45(46)47(52-48)37-22-20-35(21-23-37)40-14-7-9-34-8-1-2-10-39(34)40/h1-28H. The van der Waals surface area contributed by atoms with E-state index in [1.54, 1.807) is 6.07 Å². The van der Waals surface area contributed by atoms with Crippen molar-refractivity contribution < 1.29 is 0 Å². The Balaban J connectivity index is 1.12. The van der Waals surface area contributed by atoms with Crippen molar-refractivity contribution in [3.8, 4) is 68.2 Å². The summed E-state index contributed by atoms with van der Waals surface area (Å²) in [7, 11) is 0. The normalized spacial score (nSPS) is 11.0. The molecule has 0 bridgehead atoms. The summed E-state index contributed by atoms with van der Waals surface area (Å²) < 4.78 is 0. The third kappa shape index (κ3) is 5.42. The van der Waals surface area contributed by atoms with Crippen molar-refractivity contribution >= 4 is 32.4 Å². The summed E-state index contributed by atoms with van der Waals surface area (Å²) in [5.41, 5.74) is 11.0. The predicted molar refractivity (Wildman–Crippen MR) is 211 cm³/mol. The summed E-state index contributed by atoms with van der Waals surface area (Å²) in [6.07, 6.45) is 0. The van der Waals surface area contributed by atoms with Crippen LogP contribution in [0.5, 0.6) is 0 Å². The second-order valence-corrected chi connectivity index (χ2v) is 12.8. The number of para-hydroxylation sites is 1. The van der Waals surface area contributed by atoms with Gasteiger partial charge in [-0.1, -0.05) is 140 Å². The van der Waals surface area contributed by atoms with Crippen molar-refractivity contribution in [2.24, 2.45) is 0 Å². The molecule has 0 N–H and O–H groups in total. The summed E-state index contributed by atoms with van der Waals surface area (Å²) in [5.74, 6) is 0.676. The van der Waals surface area contributed by atoms with Crippen LogP contribution in [0, 0.1) is 22.7 Å². The highest BCUT2D eigenvalue weighted by atomic mass is 14.9. The molecule has 0 fully saturated rings. The van der Waals surface area contributed by atoms with Gasteiger partial charge < -0.3 is 0 Å². The van der Waals surface area contributed by atoms with Gasteiger partial charge in [-0.15, -0.1) is 0 Å². The van der Waals surface area contributed by atoms with Gasteiger partial charge >= 0.3 is 0 Å². The maximum atomic E-state index is 9.46. The molecular weight excluding hydrogens is 633 g/mol. The Bertz CT molecular complexity index is 2870. The number of hydrogen-bond acceptors (Lipinski definition) is 4. The van der Waals surface area contributed by atoms with Gasteiger partial charge in [-0.25, -0.2) is 9.97 Å². The molecule has 0 amide bonds. The first-order chi connectivity index (χ1) is 25.7. The van der Waals surface area contributed by atoms with Crippen molar-refractivity contribution in [1.29, 1.82) is 10.5 Å². The topological polar surface area (TPSA) is 73.4 Å². The average Bonchev–Trinajstić information content (AvgIpc) is 3.22. The van der Waals surface area contributed by atoms with E-state index in [1.165, 1.54) is 16.3 Å². The quantitative estimate of drug-likeness (QED) is 0.184. The minimum atomic E-state index is 0.469. The molecule has 9 aromatic rings. The lowest BCUT2D eigenvalue weighted by Crippen LogP contribution is -1.96. The summed E-state index contributed by atoms with van der Waals surface area (Å²) in [5, 5.41) is 24.6. The van der Waals surface area contributed by atoms with Crippen molar-refractivity contribution in [1.82, 2.24) is 9.97 Å². The van der Waals surface area contributed by atoms with E-state index in [4.69, 9.17) is 9.97 Å². The lowest BCUT2D eigenvalue weighted by molar-refractivity contribution is 1.23. The van der Waals surface area contributed by atoms with Gasteiger partial charge in [0.1, 0.15) is 0 Å². The summed E-state index contributed by atoms with van der Waals surface area (Å²) >= 11 is 0. The molecule has 0 saturated heterocycles. The smallest absolute Gasteiger partial charge is 0.161 e. The fraction of sp³-hybridized carbons (Fsp3) is 0. The highest BCUT2D eigenvalue weighted by Crippen LogP contribution is 2.38. The second kappa shape index (κ2) is 12.8. The first kappa shape index (κ1) is 30.6. The van der Waals surface area contributed by atoms with Gasteiger partial charge in [0.2, 0.25) is 0 Å². The Hall–Kier alpha value is -7.40. The summed E-state index contributed by atoms with van der Waals surface area (Å²) in [6, 6.07) is 62.4. The van der Waals surface area contributed by atoms with Crippen molar-refractivity contribution in [3.05, 3.63) is 181 Å². The summed E-state index contributed by atoms with van der Waals surface area (Å²) in [4.78, 5) is 10.4. The van der Waals surface area contributed by atoms with E-state index in [2.05, 4.69) is 140 Å². The molecule has 4 heteroatoms. The predicted octanol–water partition coefficient (Wildman–Crippen LogP) is 12.0. The van der Waals surface area contributed by atoms with E-state index in [1.807, 2.05) is 36.4 Å². The third-order valence-electron chi connectivity index (χ3n) is 9.75. The van der Waals surface area contributed by atoms with Crippen LogP contribution in [0.1, 0.15) is 11.1 Å². The number of nitriles is 2. The molecule has 0 saturated carbocycles.